The predicted octanol–water partition coefficient (Wildman–Crippen LogP) is 3.71. The van der Waals surface area contributed by atoms with Crippen LogP contribution in [0.2, 0.25) is 0 Å². The van der Waals surface area contributed by atoms with E-state index in [0.717, 1.165) is 11.4 Å². The molecule has 1 fully saturated rings. The number of carboxylic acids is 1. The number of aliphatic carboxylic acids is 1. The Morgan fingerprint density at radius 1 is 1.34 bits per heavy atom. The molecule has 2 heterocycles. The van der Waals surface area contributed by atoms with Crippen molar-refractivity contribution in [3.63, 3.8) is 0 Å². The Hall–Kier alpha value is -2.72. The highest BCUT2D eigenvalue weighted by Crippen LogP contribution is 2.36. The summed E-state index contributed by atoms with van der Waals surface area (Å²) < 4.78 is 5.59. The van der Waals surface area contributed by atoms with E-state index in [-0.39, 0.29) is 18.9 Å². The van der Waals surface area contributed by atoms with Crippen LogP contribution in [0.1, 0.15) is 30.3 Å². The van der Waals surface area contributed by atoms with Crippen LogP contribution in [0, 0.1) is 6.92 Å². The van der Waals surface area contributed by atoms with Crippen molar-refractivity contribution in [2.75, 3.05) is 13.2 Å². The van der Waals surface area contributed by atoms with Crippen LogP contribution in [0.4, 0.5) is 5.13 Å². The highest BCUT2D eigenvalue weighted by molar-refractivity contribution is 8.18. The smallest absolute Gasteiger partial charge is 0.306 e. The molecule has 2 aromatic rings. The maximum atomic E-state index is 12.9. The SMILES string of the molecule is CCCN1C(=O)/C(=C\c2ccccc2OCCC(=O)O)S/C1=N/c1nnc(C)s1. The van der Waals surface area contributed by atoms with Gasteiger partial charge in [-0.15, -0.1) is 10.2 Å². The van der Waals surface area contributed by atoms with Crippen molar-refractivity contribution in [3.05, 3.63) is 39.7 Å². The molecule has 1 N–H and O–H groups in total. The quantitative estimate of drug-likeness (QED) is 0.634. The third kappa shape index (κ3) is 5.42. The number of amides is 1. The summed E-state index contributed by atoms with van der Waals surface area (Å²) in [5.74, 6) is -0.524. The number of para-hydroxylation sites is 1. The molecule has 1 amide bonds. The third-order valence-electron chi connectivity index (χ3n) is 3.82. The number of hydrogen-bond acceptors (Lipinski definition) is 8. The molecule has 8 nitrogen and oxygen atoms in total. The minimum atomic E-state index is -0.926. The first kappa shape index (κ1) is 21.0. The predicted molar refractivity (Wildman–Crippen MR) is 114 cm³/mol. The number of nitrogens with zero attached hydrogens (tertiary/aromatic N) is 4. The first-order valence-electron chi connectivity index (χ1n) is 9.01. The van der Waals surface area contributed by atoms with E-state index < -0.39 is 5.97 Å². The number of carboxylic acid groups (broad SMARTS) is 1. The van der Waals surface area contributed by atoms with E-state index in [2.05, 4.69) is 15.2 Å². The molecular weight excluding hydrogens is 412 g/mol. The monoisotopic (exact) mass is 432 g/mol. The lowest BCUT2D eigenvalue weighted by molar-refractivity contribution is -0.137. The van der Waals surface area contributed by atoms with Gasteiger partial charge in [-0.2, -0.15) is 4.99 Å². The molecule has 152 valence electrons. The lowest BCUT2D eigenvalue weighted by Crippen LogP contribution is -2.29. The lowest BCUT2D eigenvalue weighted by atomic mass is 10.2. The molecule has 0 saturated carbocycles. The molecule has 1 aromatic heterocycles. The van der Waals surface area contributed by atoms with Crippen LogP contribution in [-0.2, 0) is 9.59 Å². The van der Waals surface area contributed by atoms with Gasteiger partial charge in [-0.3, -0.25) is 14.5 Å². The molecule has 29 heavy (non-hydrogen) atoms. The van der Waals surface area contributed by atoms with E-state index in [9.17, 15) is 9.59 Å². The Morgan fingerprint density at radius 3 is 2.83 bits per heavy atom. The number of amidine groups is 1. The fourth-order valence-electron chi connectivity index (χ4n) is 2.55. The summed E-state index contributed by atoms with van der Waals surface area (Å²) in [5, 5.41) is 18.7. The van der Waals surface area contributed by atoms with Crippen LogP contribution in [0.3, 0.4) is 0 Å². The van der Waals surface area contributed by atoms with Gasteiger partial charge in [-0.1, -0.05) is 36.5 Å². The first-order chi connectivity index (χ1) is 14.0. The van der Waals surface area contributed by atoms with Crippen molar-refractivity contribution in [1.29, 1.82) is 0 Å². The average molecular weight is 433 g/mol. The van der Waals surface area contributed by atoms with E-state index in [4.69, 9.17) is 9.84 Å². The molecule has 1 aliphatic heterocycles. The number of aryl methyl sites for hydroxylation is 1. The Bertz CT molecular complexity index is 971. The van der Waals surface area contributed by atoms with E-state index in [1.165, 1.54) is 23.1 Å². The number of ether oxygens (including phenoxy) is 1. The van der Waals surface area contributed by atoms with Gasteiger partial charge in [0.25, 0.3) is 5.91 Å². The van der Waals surface area contributed by atoms with E-state index in [0.29, 0.717) is 33.1 Å². The van der Waals surface area contributed by atoms with Crippen molar-refractivity contribution in [2.45, 2.75) is 26.7 Å². The summed E-state index contributed by atoms with van der Waals surface area (Å²) in [4.78, 5) is 30.3. The zero-order valence-corrected chi connectivity index (χ0v) is 17.6. The number of rotatable bonds is 8. The molecule has 0 unspecified atom stereocenters. The maximum Gasteiger partial charge on any atom is 0.306 e. The minimum absolute atomic E-state index is 0.0572. The van der Waals surface area contributed by atoms with Crippen molar-refractivity contribution in [3.8, 4) is 5.75 Å². The van der Waals surface area contributed by atoms with Gasteiger partial charge in [-0.05, 0) is 37.2 Å². The van der Waals surface area contributed by atoms with Crippen LogP contribution < -0.4 is 4.74 Å². The maximum absolute atomic E-state index is 12.9. The average Bonchev–Trinajstić information content (AvgIpc) is 3.21. The fraction of sp³-hybridized carbons (Fsp3) is 0.316. The minimum Gasteiger partial charge on any atom is -0.492 e. The summed E-state index contributed by atoms with van der Waals surface area (Å²) in [7, 11) is 0. The highest BCUT2D eigenvalue weighted by Gasteiger charge is 2.33. The zero-order chi connectivity index (χ0) is 20.8. The van der Waals surface area contributed by atoms with Crippen molar-refractivity contribution in [2.24, 2.45) is 4.99 Å². The number of thioether (sulfide) groups is 1. The van der Waals surface area contributed by atoms with Gasteiger partial charge in [0.15, 0.2) is 5.17 Å². The van der Waals surface area contributed by atoms with Crippen LogP contribution in [0.25, 0.3) is 6.08 Å². The van der Waals surface area contributed by atoms with E-state index in [1.807, 2.05) is 26.0 Å². The second-order valence-electron chi connectivity index (χ2n) is 6.10. The normalized spacial score (nSPS) is 16.8. The molecule has 0 atom stereocenters. The molecule has 0 aliphatic carbocycles. The number of aliphatic imine (C=N–C) groups is 1. The third-order valence-corrected chi connectivity index (χ3v) is 5.56. The first-order valence-corrected chi connectivity index (χ1v) is 10.6. The van der Waals surface area contributed by atoms with Crippen molar-refractivity contribution < 1.29 is 19.4 Å². The highest BCUT2D eigenvalue weighted by atomic mass is 32.2. The Kier molecular flexibility index (Phi) is 6.99. The molecule has 1 saturated heterocycles. The van der Waals surface area contributed by atoms with Crippen LogP contribution in [0.15, 0.2) is 34.2 Å². The molecule has 0 spiro atoms. The summed E-state index contributed by atoms with van der Waals surface area (Å²) in [5.41, 5.74) is 0.707. The summed E-state index contributed by atoms with van der Waals surface area (Å²) >= 11 is 2.65. The van der Waals surface area contributed by atoms with Gasteiger partial charge < -0.3 is 9.84 Å². The zero-order valence-electron chi connectivity index (χ0n) is 16.0. The summed E-state index contributed by atoms with van der Waals surface area (Å²) in [6.07, 6.45) is 2.45. The Labute approximate surface area is 176 Å². The largest absolute Gasteiger partial charge is 0.492 e. The number of hydrogen-bond donors (Lipinski definition) is 1. The molecule has 1 aliphatic rings. The van der Waals surface area contributed by atoms with Crippen molar-refractivity contribution >= 4 is 51.4 Å². The standard InChI is InChI=1S/C19H20N4O4S2/c1-3-9-23-17(26)15(29-19(23)20-18-22-21-12(2)28-18)11-13-6-4-5-7-14(13)27-10-8-16(24)25/h4-7,11H,3,8-10H2,1-2H3,(H,24,25)/b15-11+,20-19+. The molecular formula is C19H20N4O4S2. The summed E-state index contributed by atoms with van der Waals surface area (Å²) in [6, 6.07) is 7.21. The second kappa shape index (κ2) is 9.66. The van der Waals surface area contributed by atoms with Gasteiger partial charge in [0, 0.05) is 12.1 Å². The fourth-order valence-corrected chi connectivity index (χ4v) is 4.16. The van der Waals surface area contributed by atoms with Crippen LogP contribution in [-0.4, -0.2) is 50.4 Å². The number of benzene rings is 1. The number of carbonyl (C=O) groups is 2. The lowest BCUT2D eigenvalue weighted by Gasteiger charge is -2.13. The van der Waals surface area contributed by atoms with Crippen LogP contribution in [0.5, 0.6) is 5.75 Å². The molecule has 0 radical (unpaired) electrons. The number of carbonyl (C=O) groups excluding carboxylic acids is 1. The molecule has 0 bridgehead atoms. The van der Waals surface area contributed by atoms with Gasteiger partial charge in [0.1, 0.15) is 10.8 Å². The molecule has 3 rings (SSSR count). The second-order valence-corrected chi connectivity index (χ2v) is 8.26. The Morgan fingerprint density at radius 2 is 2.14 bits per heavy atom. The van der Waals surface area contributed by atoms with Crippen molar-refractivity contribution in [1.82, 2.24) is 15.1 Å². The van der Waals surface area contributed by atoms with Gasteiger partial charge in [-0.25, -0.2) is 0 Å². The summed E-state index contributed by atoms with van der Waals surface area (Å²) in [6.45, 7) is 4.46. The number of aromatic nitrogens is 2. The topological polar surface area (TPSA) is 105 Å². The van der Waals surface area contributed by atoms with Gasteiger partial charge >= 0.3 is 5.97 Å². The van der Waals surface area contributed by atoms with E-state index in [1.54, 1.807) is 23.1 Å². The van der Waals surface area contributed by atoms with Gasteiger partial charge in [0.2, 0.25) is 5.13 Å². The van der Waals surface area contributed by atoms with E-state index >= 15 is 0 Å². The Balaban J connectivity index is 1.87. The molecule has 10 heteroatoms. The van der Waals surface area contributed by atoms with Crippen LogP contribution >= 0.6 is 23.1 Å². The van der Waals surface area contributed by atoms with Gasteiger partial charge in [0.05, 0.1) is 17.9 Å². The molecule has 1 aromatic carbocycles.